The number of phenolic OH excluding ortho intramolecular Hbond substituents is 1. The third-order valence-electron chi connectivity index (χ3n) is 9.43. The van der Waals surface area contributed by atoms with Gasteiger partial charge in [-0.05, 0) is 81.0 Å². The molecule has 2 amide bonds. The van der Waals surface area contributed by atoms with Gasteiger partial charge in [-0.25, -0.2) is 9.37 Å². The third-order valence-corrected chi connectivity index (χ3v) is 10.8. The maximum atomic E-state index is 14.4. The average Bonchev–Trinajstić information content (AvgIpc) is 3.59. The van der Waals surface area contributed by atoms with Gasteiger partial charge in [0.05, 0.1) is 11.2 Å². The first kappa shape index (κ1) is 35.8. The molecule has 10 nitrogen and oxygen atoms in total. The van der Waals surface area contributed by atoms with Gasteiger partial charge in [-0.2, -0.15) is 0 Å². The molecule has 1 unspecified atom stereocenters. The number of piperazine rings is 1. The van der Waals surface area contributed by atoms with Crippen LogP contribution in [0.3, 0.4) is 0 Å². The number of nitrogens with one attached hydrogen (secondary N) is 3. The maximum Gasteiger partial charge on any atom is 0.257 e. The van der Waals surface area contributed by atoms with E-state index in [1.54, 1.807) is 23.9 Å². The van der Waals surface area contributed by atoms with Crippen molar-refractivity contribution >= 4 is 28.6 Å². The number of carbonyl (C=O) groups is 2. The van der Waals surface area contributed by atoms with Gasteiger partial charge in [-0.15, -0.1) is 11.8 Å². The van der Waals surface area contributed by atoms with E-state index < -0.39 is 11.7 Å². The number of aromatic hydroxyl groups is 1. The summed E-state index contributed by atoms with van der Waals surface area (Å²) in [6.45, 7) is 10.9. The van der Waals surface area contributed by atoms with Crippen molar-refractivity contribution in [2.75, 3.05) is 18.8 Å². The number of benzene rings is 2. The summed E-state index contributed by atoms with van der Waals surface area (Å²) in [5, 5.41) is 21.4. The Morgan fingerprint density at radius 2 is 1.72 bits per heavy atom. The first-order valence-corrected chi connectivity index (χ1v) is 18.5. The monoisotopic (exact) mass is 702 g/mol. The van der Waals surface area contributed by atoms with E-state index in [1.807, 2.05) is 30.3 Å². The molecule has 3 aliphatic rings. The van der Waals surface area contributed by atoms with Crippen LogP contribution in [0, 0.1) is 11.7 Å². The Hall–Kier alpha value is -4.00. The Kier molecular flexibility index (Phi) is 11.4. The normalized spacial score (nSPS) is 24.1. The van der Waals surface area contributed by atoms with E-state index in [0.29, 0.717) is 48.9 Å². The van der Waals surface area contributed by atoms with Crippen molar-refractivity contribution in [1.29, 1.82) is 0 Å². The zero-order chi connectivity index (χ0) is 35.4. The largest absolute Gasteiger partial charge is 0.508 e. The number of pyridine rings is 1. The molecule has 0 radical (unpaired) electrons. The number of ether oxygens (including phenoxy) is 1. The van der Waals surface area contributed by atoms with E-state index >= 15 is 0 Å². The molecule has 1 saturated heterocycles. The average molecular weight is 703 g/mol. The lowest BCUT2D eigenvalue weighted by molar-refractivity contribution is -0.122. The van der Waals surface area contributed by atoms with Gasteiger partial charge < -0.3 is 25.8 Å². The van der Waals surface area contributed by atoms with Gasteiger partial charge in [0.1, 0.15) is 28.9 Å². The molecule has 1 aromatic heterocycles. The van der Waals surface area contributed by atoms with Gasteiger partial charge in [-0.1, -0.05) is 32.0 Å². The summed E-state index contributed by atoms with van der Waals surface area (Å²) in [5.41, 5.74) is 2.62. The van der Waals surface area contributed by atoms with E-state index in [0.717, 1.165) is 59.9 Å². The summed E-state index contributed by atoms with van der Waals surface area (Å²) < 4.78 is 20.5. The molecule has 3 heterocycles. The molecule has 3 atom stereocenters. The second kappa shape index (κ2) is 15.9. The van der Waals surface area contributed by atoms with Crippen molar-refractivity contribution < 1.29 is 23.8 Å². The second-order valence-electron chi connectivity index (χ2n) is 14.1. The Morgan fingerprint density at radius 1 is 1.02 bits per heavy atom. The van der Waals surface area contributed by atoms with Gasteiger partial charge >= 0.3 is 0 Å². The summed E-state index contributed by atoms with van der Waals surface area (Å²) in [7, 11) is 0. The van der Waals surface area contributed by atoms with E-state index in [2.05, 4.69) is 58.5 Å². The molecule has 0 bridgehead atoms. The standard InChI is InChI=1S/C38H47FN6O4S/c1-22(2)38-44-33(21-50-38)36(48)43-30-11-9-29(10-12-30)42-35(47)32-16-28(39)17-40-37(32)49-31-7-5-6-25(15-31)26-8-13-34(46)27(14-26)20-45-18-23(3)41-24(4)19-45/h5-8,13-17,22-24,29-30,33,41,46H,9-12,18-21H2,1-4H3,(H,42,47)(H,43,48)/t23-,24+,29?,30?,33?. The van der Waals surface area contributed by atoms with Gasteiger partial charge in [-0.3, -0.25) is 19.5 Å². The molecule has 2 aromatic carbocycles. The summed E-state index contributed by atoms with van der Waals surface area (Å²) in [5.74, 6) is 0.554. The smallest absolute Gasteiger partial charge is 0.257 e. The Bertz CT molecular complexity index is 1720. The highest BCUT2D eigenvalue weighted by Crippen LogP contribution is 2.32. The van der Waals surface area contributed by atoms with Crippen molar-refractivity contribution in [3.8, 4) is 28.5 Å². The predicted octanol–water partition coefficient (Wildman–Crippen LogP) is 5.89. The number of rotatable bonds is 10. The van der Waals surface area contributed by atoms with E-state index in [1.165, 1.54) is 0 Å². The van der Waals surface area contributed by atoms with E-state index in [4.69, 9.17) is 4.74 Å². The zero-order valence-electron chi connectivity index (χ0n) is 29.1. The SMILES string of the molecule is CC(C)C1=NC(C(=O)NC2CCC(NC(=O)c3cc(F)cnc3Oc3cccc(-c4ccc(O)c(CN5C[C@@H](C)N[C@@H](C)C5)c4)c3)CC2)CS1. The van der Waals surface area contributed by atoms with E-state index in [9.17, 15) is 19.1 Å². The number of halogens is 1. The quantitative estimate of drug-likeness (QED) is 0.206. The van der Waals surface area contributed by atoms with Crippen LogP contribution in [0.4, 0.5) is 4.39 Å². The van der Waals surface area contributed by atoms with Crippen molar-refractivity contribution in [2.45, 2.75) is 90.1 Å². The first-order valence-electron chi connectivity index (χ1n) is 17.6. The lowest BCUT2D eigenvalue weighted by Crippen LogP contribution is -2.53. The number of hydrogen-bond donors (Lipinski definition) is 4. The number of aliphatic imine (C=N–C) groups is 1. The van der Waals surface area contributed by atoms with Crippen LogP contribution in [0.25, 0.3) is 11.1 Å². The predicted molar refractivity (Wildman–Crippen MR) is 195 cm³/mol. The minimum absolute atomic E-state index is 0.00565. The van der Waals surface area contributed by atoms with Crippen LogP contribution in [0.15, 0.2) is 59.7 Å². The van der Waals surface area contributed by atoms with Crippen LogP contribution < -0.4 is 20.7 Å². The molecule has 1 saturated carbocycles. The lowest BCUT2D eigenvalue weighted by Gasteiger charge is -2.36. The summed E-state index contributed by atoms with van der Waals surface area (Å²) >= 11 is 1.65. The highest BCUT2D eigenvalue weighted by Gasteiger charge is 2.30. The molecule has 2 fully saturated rings. The molecular formula is C38H47FN6O4S. The molecule has 6 rings (SSSR count). The molecule has 1 aliphatic carbocycles. The molecule has 4 N–H and O–H groups in total. The molecule has 266 valence electrons. The Morgan fingerprint density at radius 3 is 2.42 bits per heavy atom. The van der Waals surface area contributed by atoms with Crippen molar-refractivity contribution in [3.63, 3.8) is 0 Å². The fourth-order valence-electron chi connectivity index (χ4n) is 7.01. The van der Waals surface area contributed by atoms with Gasteiger partial charge in [0.15, 0.2) is 0 Å². The number of thioether (sulfide) groups is 1. The number of aromatic nitrogens is 1. The summed E-state index contributed by atoms with van der Waals surface area (Å²) in [6, 6.07) is 14.4. The molecule has 50 heavy (non-hydrogen) atoms. The van der Waals surface area contributed by atoms with Crippen molar-refractivity contribution in [1.82, 2.24) is 25.8 Å². The Labute approximate surface area is 297 Å². The lowest BCUT2D eigenvalue weighted by atomic mass is 9.90. The highest BCUT2D eigenvalue weighted by molar-refractivity contribution is 8.14. The third kappa shape index (κ3) is 9.01. The van der Waals surface area contributed by atoms with Crippen LogP contribution in [0.5, 0.6) is 17.4 Å². The highest BCUT2D eigenvalue weighted by atomic mass is 32.2. The molecule has 12 heteroatoms. The fraction of sp³-hybridized carbons (Fsp3) is 0.474. The van der Waals surface area contributed by atoms with Crippen LogP contribution in [0.2, 0.25) is 0 Å². The van der Waals surface area contributed by atoms with Crippen LogP contribution in [0.1, 0.15) is 69.3 Å². The summed E-state index contributed by atoms with van der Waals surface area (Å²) in [4.78, 5) is 37.3. The number of phenols is 1. The van der Waals surface area contributed by atoms with Crippen LogP contribution in [-0.2, 0) is 11.3 Å². The van der Waals surface area contributed by atoms with Crippen molar-refractivity contribution in [3.05, 3.63) is 71.7 Å². The second-order valence-corrected chi connectivity index (χ2v) is 15.2. The van der Waals surface area contributed by atoms with Crippen molar-refractivity contribution in [2.24, 2.45) is 10.9 Å². The molecule has 3 aromatic rings. The topological polar surface area (TPSA) is 128 Å². The number of nitrogens with zero attached hydrogens (tertiary/aromatic N) is 3. The van der Waals surface area contributed by atoms with Gasteiger partial charge in [0, 0.05) is 61.0 Å². The van der Waals surface area contributed by atoms with Crippen LogP contribution in [-0.4, -0.2) is 80.9 Å². The number of hydrogen-bond acceptors (Lipinski definition) is 9. The Balaban J connectivity index is 1.08. The fourth-order valence-corrected chi connectivity index (χ4v) is 8.10. The summed E-state index contributed by atoms with van der Waals surface area (Å²) in [6.07, 6.45) is 3.84. The minimum atomic E-state index is -0.638. The van der Waals surface area contributed by atoms with Gasteiger partial charge in [0.25, 0.3) is 5.91 Å². The van der Waals surface area contributed by atoms with E-state index in [-0.39, 0.29) is 41.2 Å². The zero-order valence-corrected chi connectivity index (χ0v) is 29.9. The molecular weight excluding hydrogens is 656 g/mol. The maximum absolute atomic E-state index is 14.4. The first-order chi connectivity index (χ1) is 24.0. The van der Waals surface area contributed by atoms with Gasteiger partial charge in [0.2, 0.25) is 11.8 Å². The minimum Gasteiger partial charge on any atom is -0.508 e. The molecule has 0 spiro atoms. The van der Waals surface area contributed by atoms with Crippen LogP contribution >= 0.6 is 11.8 Å². The number of amides is 2. The number of carbonyl (C=O) groups excluding carboxylic acids is 2. The molecule has 2 aliphatic heterocycles.